The number of thiazole rings is 1. The first-order chi connectivity index (χ1) is 9.16. The number of amides is 1. The fraction of sp³-hybridized carbons (Fsp3) is 0.714. The number of rotatable bonds is 5. The molecular weight excluding hydrogens is 258 g/mol. The van der Waals surface area contributed by atoms with E-state index in [2.05, 4.69) is 17.2 Å². The maximum Gasteiger partial charge on any atom is 0.223 e. The highest BCUT2D eigenvalue weighted by molar-refractivity contribution is 7.11. The third kappa shape index (κ3) is 4.28. The van der Waals surface area contributed by atoms with Gasteiger partial charge in [0.15, 0.2) is 0 Å². The van der Waals surface area contributed by atoms with Crippen LogP contribution in [0, 0.1) is 13.8 Å². The molecule has 0 aromatic carbocycles. The zero-order valence-corrected chi connectivity index (χ0v) is 12.7. The number of aryl methyl sites for hydroxylation is 2. The average Bonchev–Trinajstić information content (AvgIpc) is 2.74. The number of hydrogen-bond acceptors (Lipinski definition) is 4. The van der Waals surface area contributed by atoms with Crippen molar-refractivity contribution in [1.29, 1.82) is 0 Å². The second-order valence-corrected chi connectivity index (χ2v) is 6.41. The minimum atomic E-state index is 0.290. The molecule has 1 aromatic heterocycles. The zero-order chi connectivity index (χ0) is 13.7. The maximum atomic E-state index is 11.9. The van der Waals surface area contributed by atoms with Gasteiger partial charge in [0.2, 0.25) is 5.91 Å². The van der Waals surface area contributed by atoms with E-state index in [9.17, 15) is 4.79 Å². The van der Waals surface area contributed by atoms with Gasteiger partial charge in [-0.15, -0.1) is 11.3 Å². The van der Waals surface area contributed by atoms with E-state index < -0.39 is 0 Å². The topological polar surface area (TPSA) is 45.2 Å². The van der Waals surface area contributed by atoms with Crippen LogP contribution in [0.4, 0.5) is 0 Å². The van der Waals surface area contributed by atoms with Gasteiger partial charge in [-0.1, -0.05) is 0 Å². The van der Waals surface area contributed by atoms with Crippen molar-refractivity contribution in [3.63, 3.8) is 0 Å². The number of aromatic nitrogens is 1. The molecule has 1 aliphatic rings. The van der Waals surface area contributed by atoms with E-state index in [1.807, 2.05) is 11.8 Å². The molecule has 0 bridgehead atoms. The Morgan fingerprint density at radius 1 is 1.32 bits per heavy atom. The van der Waals surface area contributed by atoms with Crippen molar-refractivity contribution in [3.8, 4) is 0 Å². The van der Waals surface area contributed by atoms with Gasteiger partial charge in [-0.3, -0.25) is 4.79 Å². The Hall–Kier alpha value is -0.940. The number of piperidine rings is 1. The Bertz CT molecular complexity index is 405. The lowest BCUT2D eigenvalue weighted by molar-refractivity contribution is -0.131. The molecule has 0 atom stereocenters. The average molecular weight is 281 g/mol. The summed E-state index contributed by atoms with van der Waals surface area (Å²) < 4.78 is 0. The quantitative estimate of drug-likeness (QED) is 0.842. The number of carbonyl (C=O) groups excluding carboxylic acids is 1. The second kappa shape index (κ2) is 7.01. The summed E-state index contributed by atoms with van der Waals surface area (Å²) in [5, 5.41) is 4.42. The second-order valence-electron chi connectivity index (χ2n) is 5.12. The lowest BCUT2D eigenvalue weighted by Crippen LogP contribution is -2.37. The lowest BCUT2D eigenvalue weighted by Gasteiger charge is -2.26. The van der Waals surface area contributed by atoms with Crippen molar-refractivity contribution < 1.29 is 4.79 Å². The van der Waals surface area contributed by atoms with Crippen molar-refractivity contribution in [2.45, 2.75) is 46.1 Å². The van der Waals surface area contributed by atoms with Gasteiger partial charge in [-0.05, 0) is 33.1 Å². The first-order valence-corrected chi connectivity index (χ1v) is 7.90. The predicted molar refractivity (Wildman–Crippen MR) is 78.3 cm³/mol. The normalized spacial score (nSPS) is 15.8. The zero-order valence-electron chi connectivity index (χ0n) is 11.9. The van der Waals surface area contributed by atoms with E-state index in [0.29, 0.717) is 12.3 Å². The Labute approximate surface area is 119 Å². The van der Waals surface area contributed by atoms with Crippen molar-refractivity contribution in [1.82, 2.24) is 15.2 Å². The molecule has 1 N–H and O–H groups in total. The van der Waals surface area contributed by atoms with Crippen LogP contribution in [0.15, 0.2) is 0 Å². The molecule has 4 nitrogen and oxygen atoms in total. The van der Waals surface area contributed by atoms with Crippen molar-refractivity contribution in [3.05, 3.63) is 15.6 Å². The molecule has 0 unspecified atom stereocenters. The van der Waals surface area contributed by atoms with Crippen LogP contribution < -0.4 is 5.32 Å². The SMILES string of the molecule is Cc1nc(CNCCC(=O)N2CCCCC2)sc1C. The minimum Gasteiger partial charge on any atom is -0.343 e. The molecule has 1 saturated heterocycles. The summed E-state index contributed by atoms with van der Waals surface area (Å²) >= 11 is 1.73. The van der Waals surface area contributed by atoms with Crippen molar-refractivity contribution >= 4 is 17.2 Å². The third-order valence-corrected chi connectivity index (χ3v) is 4.65. The number of likely N-dealkylation sites (tertiary alicyclic amines) is 1. The van der Waals surface area contributed by atoms with Gasteiger partial charge in [-0.25, -0.2) is 4.98 Å². The van der Waals surface area contributed by atoms with E-state index in [-0.39, 0.29) is 0 Å². The number of carbonyl (C=O) groups is 1. The summed E-state index contributed by atoms with van der Waals surface area (Å²) in [6.07, 6.45) is 4.20. The molecule has 1 fully saturated rings. The lowest BCUT2D eigenvalue weighted by atomic mass is 10.1. The van der Waals surface area contributed by atoms with Crippen LogP contribution in [0.25, 0.3) is 0 Å². The number of nitrogens with one attached hydrogen (secondary N) is 1. The molecule has 2 heterocycles. The van der Waals surface area contributed by atoms with E-state index >= 15 is 0 Å². The highest BCUT2D eigenvalue weighted by Crippen LogP contribution is 2.16. The van der Waals surface area contributed by atoms with Gasteiger partial charge in [-0.2, -0.15) is 0 Å². The van der Waals surface area contributed by atoms with E-state index in [1.165, 1.54) is 11.3 Å². The Morgan fingerprint density at radius 3 is 2.68 bits per heavy atom. The van der Waals surface area contributed by atoms with E-state index in [1.54, 1.807) is 11.3 Å². The molecule has 1 aliphatic heterocycles. The van der Waals surface area contributed by atoms with Crippen LogP contribution >= 0.6 is 11.3 Å². The van der Waals surface area contributed by atoms with Crippen LogP contribution in [0.5, 0.6) is 0 Å². The monoisotopic (exact) mass is 281 g/mol. The van der Waals surface area contributed by atoms with Crippen molar-refractivity contribution in [2.24, 2.45) is 0 Å². The molecule has 5 heteroatoms. The fourth-order valence-corrected chi connectivity index (χ4v) is 3.21. The third-order valence-electron chi connectivity index (χ3n) is 3.57. The summed E-state index contributed by atoms with van der Waals surface area (Å²) in [5.74, 6) is 0.290. The molecule has 2 rings (SSSR count). The van der Waals surface area contributed by atoms with Crippen molar-refractivity contribution in [2.75, 3.05) is 19.6 Å². The number of hydrogen-bond donors (Lipinski definition) is 1. The van der Waals surface area contributed by atoms with Crippen LogP contribution in [-0.2, 0) is 11.3 Å². The summed E-state index contributed by atoms with van der Waals surface area (Å²) in [6, 6.07) is 0. The van der Waals surface area contributed by atoms with Gasteiger partial charge in [0.05, 0.1) is 5.69 Å². The van der Waals surface area contributed by atoms with E-state index in [4.69, 9.17) is 0 Å². The molecule has 0 saturated carbocycles. The van der Waals surface area contributed by atoms with Crippen LogP contribution in [0.1, 0.15) is 41.3 Å². The standard InChI is InChI=1S/C14H23N3OS/c1-11-12(2)19-13(16-11)10-15-7-6-14(18)17-8-4-3-5-9-17/h15H,3-10H2,1-2H3. The highest BCUT2D eigenvalue weighted by atomic mass is 32.1. The van der Waals surface area contributed by atoms with Gasteiger partial charge >= 0.3 is 0 Å². The van der Waals surface area contributed by atoms with Gasteiger partial charge in [0, 0.05) is 37.5 Å². The molecule has 19 heavy (non-hydrogen) atoms. The molecule has 1 aromatic rings. The van der Waals surface area contributed by atoms with Gasteiger partial charge in [0.25, 0.3) is 0 Å². The molecule has 1 amide bonds. The Kier molecular flexibility index (Phi) is 5.34. The fourth-order valence-electron chi connectivity index (χ4n) is 2.31. The molecular formula is C14H23N3OS. The van der Waals surface area contributed by atoms with E-state index in [0.717, 1.165) is 49.7 Å². The summed E-state index contributed by atoms with van der Waals surface area (Å²) in [6.45, 7) is 7.54. The highest BCUT2D eigenvalue weighted by Gasteiger charge is 2.15. The summed E-state index contributed by atoms with van der Waals surface area (Å²) in [4.78, 5) is 19.7. The number of nitrogens with zero attached hydrogens (tertiary/aromatic N) is 2. The molecule has 106 valence electrons. The molecule has 0 radical (unpaired) electrons. The summed E-state index contributed by atoms with van der Waals surface area (Å²) in [5.41, 5.74) is 1.12. The predicted octanol–water partition coefficient (Wildman–Crippen LogP) is 2.25. The Morgan fingerprint density at radius 2 is 2.05 bits per heavy atom. The largest absolute Gasteiger partial charge is 0.343 e. The molecule has 0 aliphatic carbocycles. The van der Waals surface area contributed by atoms with Crippen LogP contribution in [0.2, 0.25) is 0 Å². The van der Waals surface area contributed by atoms with Crippen LogP contribution in [0.3, 0.4) is 0 Å². The maximum absolute atomic E-state index is 11.9. The molecule has 0 spiro atoms. The van der Waals surface area contributed by atoms with Gasteiger partial charge in [0.1, 0.15) is 5.01 Å². The minimum absolute atomic E-state index is 0.290. The first-order valence-electron chi connectivity index (χ1n) is 7.08. The smallest absolute Gasteiger partial charge is 0.223 e. The first kappa shape index (κ1) is 14.5. The Balaban J connectivity index is 1.64. The summed E-state index contributed by atoms with van der Waals surface area (Å²) in [7, 11) is 0. The van der Waals surface area contributed by atoms with Gasteiger partial charge < -0.3 is 10.2 Å². The van der Waals surface area contributed by atoms with Crippen LogP contribution in [-0.4, -0.2) is 35.4 Å².